The lowest BCUT2D eigenvalue weighted by atomic mass is 9.91. The van der Waals surface area contributed by atoms with Crippen LogP contribution in [0.5, 0.6) is 0 Å². The largest absolute Gasteiger partial charge is 0.391 e. The molecule has 21 nitrogen and oxygen atoms in total. The van der Waals surface area contributed by atoms with Crippen molar-refractivity contribution in [2.24, 2.45) is 5.92 Å². The molecule has 4 atom stereocenters. The Bertz CT molecular complexity index is 3310. The van der Waals surface area contributed by atoms with Crippen molar-refractivity contribution in [3.05, 3.63) is 119 Å². The number of hydrogen-bond donors (Lipinski definition) is 6. The van der Waals surface area contributed by atoms with Gasteiger partial charge in [-0.05, 0) is 74.8 Å². The van der Waals surface area contributed by atoms with E-state index in [9.17, 15) is 29.1 Å². The van der Waals surface area contributed by atoms with Gasteiger partial charge in [-0.3, -0.25) is 38.4 Å². The summed E-state index contributed by atoms with van der Waals surface area (Å²) in [6.45, 7) is 10.0. The molecule has 5 aromatic heterocycles. The van der Waals surface area contributed by atoms with Crippen LogP contribution in [0.15, 0.2) is 83.4 Å². The van der Waals surface area contributed by atoms with Crippen molar-refractivity contribution in [2.45, 2.75) is 96.2 Å². The minimum absolute atomic E-state index is 0.0241. The van der Waals surface area contributed by atoms with Crippen LogP contribution >= 0.6 is 11.3 Å². The molecule has 414 valence electrons. The lowest BCUT2D eigenvalue weighted by molar-refractivity contribution is -0.141. The SMILES string of the molecule is Cc1cc([C@H](C(=O)N2C[C@H](O)C[C@H]2C(=O)N[C@@H](CC(=O)NCCCCNC(=O)CN2CCN(C(=O)c3ccc(Nc4nc(C5CC5)cn5c(-c6cn[nH]c6)cnc45)c(F)c3)CC2)c2ccc(-c3scnc3C)cc2)C(C)C)on1. The third-order valence-electron chi connectivity index (χ3n) is 14.8. The van der Waals surface area contributed by atoms with Gasteiger partial charge in [0.2, 0.25) is 23.6 Å². The quantitative estimate of drug-likeness (QED) is 0.0450. The van der Waals surface area contributed by atoms with E-state index >= 15 is 4.39 Å². The van der Waals surface area contributed by atoms with Gasteiger partial charge in [0.05, 0.1) is 76.4 Å². The summed E-state index contributed by atoms with van der Waals surface area (Å²) in [6.07, 6.45) is 9.47. The minimum Gasteiger partial charge on any atom is -0.391 e. The number of rotatable bonds is 21. The first-order valence-electron chi connectivity index (χ1n) is 26.9. The summed E-state index contributed by atoms with van der Waals surface area (Å²) in [5.74, 6) is -1.95. The van der Waals surface area contributed by atoms with Crippen molar-refractivity contribution >= 4 is 58.0 Å². The predicted molar refractivity (Wildman–Crippen MR) is 293 cm³/mol. The number of anilines is 2. The lowest BCUT2D eigenvalue weighted by Crippen LogP contribution is -2.51. The van der Waals surface area contributed by atoms with E-state index in [4.69, 9.17) is 9.51 Å². The molecule has 2 aromatic carbocycles. The number of aliphatic hydroxyl groups excluding tert-OH is 1. The Balaban J connectivity index is 0.673. The van der Waals surface area contributed by atoms with Gasteiger partial charge in [-0.1, -0.05) is 43.3 Å². The van der Waals surface area contributed by atoms with Crippen LogP contribution in [0.4, 0.5) is 15.9 Å². The van der Waals surface area contributed by atoms with E-state index in [0.29, 0.717) is 86.5 Å². The first-order chi connectivity index (χ1) is 38.2. The number of nitrogens with zero attached hydrogens (tertiary/aromatic N) is 9. The summed E-state index contributed by atoms with van der Waals surface area (Å²) in [5.41, 5.74) is 8.44. The van der Waals surface area contributed by atoms with Gasteiger partial charge in [0.15, 0.2) is 11.5 Å². The number of thiazole rings is 1. The van der Waals surface area contributed by atoms with Crippen LogP contribution in [0.3, 0.4) is 0 Å². The van der Waals surface area contributed by atoms with Gasteiger partial charge in [-0.2, -0.15) is 5.10 Å². The van der Waals surface area contributed by atoms with E-state index in [1.165, 1.54) is 22.3 Å². The highest BCUT2D eigenvalue weighted by Gasteiger charge is 2.44. The van der Waals surface area contributed by atoms with Gasteiger partial charge < -0.3 is 40.7 Å². The number of β-amino-alcohol motifs (C(OH)–C–C–N with tert-alkyl or cyclic N) is 1. The normalized spacial score (nSPS) is 17.5. The number of aromatic amines is 1. The Kier molecular flexibility index (Phi) is 16.5. The van der Waals surface area contributed by atoms with Gasteiger partial charge in [-0.25, -0.2) is 19.3 Å². The molecule has 7 aromatic rings. The molecule has 10 rings (SSSR count). The molecule has 79 heavy (non-hydrogen) atoms. The fourth-order valence-corrected chi connectivity index (χ4v) is 11.2. The first-order valence-corrected chi connectivity index (χ1v) is 27.8. The highest BCUT2D eigenvalue weighted by molar-refractivity contribution is 7.13. The first kappa shape index (κ1) is 54.5. The van der Waals surface area contributed by atoms with Crippen molar-refractivity contribution < 1.29 is 38.0 Å². The van der Waals surface area contributed by atoms with Crippen molar-refractivity contribution in [1.82, 2.24) is 65.4 Å². The summed E-state index contributed by atoms with van der Waals surface area (Å²) in [5, 5.41) is 33.7. The molecule has 0 unspecified atom stereocenters. The van der Waals surface area contributed by atoms with Gasteiger partial charge in [0.25, 0.3) is 5.91 Å². The number of imidazole rings is 1. The molecular formula is C56H65FN14O7S. The number of unbranched alkanes of at least 4 members (excludes halogenated alkanes) is 1. The average molecular weight is 1100 g/mol. The van der Waals surface area contributed by atoms with E-state index in [1.54, 1.807) is 54.1 Å². The number of likely N-dealkylation sites (tertiary alicyclic amines) is 1. The topological polar surface area (TPSA) is 261 Å². The Morgan fingerprint density at radius 2 is 1.68 bits per heavy atom. The number of amides is 5. The van der Waals surface area contributed by atoms with Gasteiger partial charge in [0.1, 0.15) is 23.5 Å². The second-order valence-electron chi connectivity index (χ2n) is 21.1. The van der Waals surface area contributed by atoms with Crippen molar-refractivity contribution in [3.8, 4) is 21.7 Å². The number of H-pyrrole nitrogens is 1. The van der Waals surface area contributed by atoms with Crippen molar-refractivity contribution in [1.29, 1.82) is 0 Å². The molecule has 3 fully saturated rings. The van der Waals surface area contributed by atoms with Crippen LogP contribution in [-0.4, -0.2) is 149 Å². The molecule has 5 amide bonds. The second-order valence-corrected chi connectivity index (χ2v) is 21.9. The fourth-order valence-electron chi connectivity index (χ4n) is 10.4. The summed E-state index contributed by atoms with van der Waals surface area (Å²) in [7, 11) is 0. The molecule has 3 aliphatic rings. The average Bonchev–Trinajstić information content (AvgIpc) is 4.18. The smallest absolute Gasteiger partial charge is 0.254 e. The van der Waals surface area contributed by atoms with Crippen LogP contribution in [0.1, 0.15) is 109 Å². The number of aliphatic hydroxyl groups is 1. The molecule has 2 aliphatic heterocycles. The van der Waals surface area contributed by atoms with E-state index < -0.39 is 35.8 Å². The second kappa shape index (κ2) is 24.0. The Morgan fingerprint density at radius 3 is 2.34 bits per heavy atom. The summed E-state index contributed by atoms with van der Waals surface area (Å²) >= 11 is 1.52. The van der Waals surface area contributed by atoms with Gasteiger partial charge in [0, 0.05) is 87.7 Å². The molecule has 7 heterocycles. The maximum atomic E-state index is 15.7. The Hall–Kier alpha value is -7.89. The lowest BCUT2D eigenvalue weighted by Gasteiger charge is -2.34. The molecular weight excluding hydrogens is 1030 g/mol. The number of carbonyl (C=O) groups is 5. The Morgan fingerprint density at radius 1 is 0.924 bits per heavy atom. The highest BCUT2D eigenvalue weighted by Crippen LogP contribution is 2.41. The standard InChI is InChI=1S/C56H65FN14O7S/c1-32(2)50(47-21-33(3)67-78-47)56(77)71-28-40(72)23-45(71)54(75)66-43(35-9-11-37(12-10-35)51-34(4)61-31-79-51)24-48(73)58-15-5-6-16-59-49(74)30-68-17-19-69(20-18-68)55(76)38-13-14-42(41(57)22-38)64-52-53-60-27-46(39-25-62-63-26-39)70(53)29-44(65-52)36-7-8-36/h9-14,21-22,25-27,29,31-32,36,40,43,45,50,72H,5-8,15-20,23-24,28,30H2,1-4H3,(H,58,73)(H,59,74)(H,62,63)(H,64,65)(H,66,75)/t40-,43+,45+,50-/m1/s1. The molecule has 23 heteroatoms. The number of carbonyl (C=O) groups excluding carboxylic acids is 5. The van der Waals surface area contributed by atoms with Crippen LogP contribution in [0, 0.1) is 25.6 Å². The number of benzene rings is 2. The van der Waals surface area contributed by atoms with Gasteiger partial charge in [-0.15, -0.1) is 11.3 Å². The van der Waals surface area contributed by atoms with Crippen LogP contribution in [0.2, 0.25) is 0 Å². The van der Waals surface area contributed by atoms with Gasteiger partial charge >= 0.3 is 0 Å². The molecule has 6 N–H and O–H groups in total. The van der Waals surface area contributed by atoms with Crippen molar-refractivity contribution in [2.75, 3.05) is 57.7 Å². The number of halogens is 1. The van der Waals surface area contributed by atoms with E-state index in [1.807, 2.05) is 60.5 Å². The molecule has 1 aliphatic carbocycles. The van der Waals surface area contributed by atoms with Crippen LogP contribution < -0.4 is 21.3 Å². The zero-order chi connectivity index (χ0) is 55.3. The van der Waals surface area contributed by atoms with E-state index in [2.05, 4.69) is 46.6 Å². The summed E-state index contributed by atoms with van der Waals surface area (Å²) < 4.78 is 23.2. The Labute approximate surface area is 459 Å². The molecule has 1 saturated carbocycles. The summed E-state index contributed by atoms with van der Waals surface area (Å²) in [6, 6.07) is 11.9. The number of aromatic nitrogens is 7. The number of nitrogens with one attached hydrogen (secondary N) is 5. The summed E-state index contributed by atoms with van der Waals surface area (Å²) in [4.78, 5) is 88.2. The minimum atomic E-state index is -0.980. The fraction of sp³-hybridized carbons (Fsp3) is 0.429. The number of hydrogen-bond acceptors (Lipinski definition) is 15. The molecule has 0 radical (unpaired) electrons. The monoisotopic (exact) mass is 1100 g/mol. The van der Waals surface area contributed by atoms with Crippen LogP contribution in [0.25, 0.3) is 27.3 Å². The number of piperazine rings is 1. The highest BCUT2D eigenvalue weighted by atomic mass is 32.1. The molecule has 0 bridgehead atoms. The van der Waals surface area contributed by atoms with E-state index in [-0.39, 0.29) is 66.7 Å². The van der Waals surface area contributed by atoms with Crippen LogP contribution in [-0.2, 0) is 19.2 Å². The van der Waals surface area contributed by atoms with E-state index in [0.717, 1.165) is 45.9 Å². The predicted octanol–water partition coefficient (Wildman–Crippen LogP) is 6.03. The molecule has 2 saturated heterocycles. The number of fused-ring (bicyclic) bond motifs is 1. The van der Waals surface area contributed by atoms with Crippen molar-refractivity contribution in [3.63, 3.8) is 0 Å². The molecule has 0 spiro atoms. The third kappa shape index (κ3) is 12.7. The maximum Gasteiger partial charge on any atom is 0.254 e. The zero-order valence-corrected chi connectivity index (χ0v) is 45.4. The third-order valence-corrected chi connectivity index (χ3v) is 15.8. The number of aryl methyl sites for hydroxylation is 2. The maximum absolute atomic E-state index is 15.7. The zero-order valence-electron chi connectivity index (χ0n) is 44.6.